The SMILES string of the molecule is CCOC(OCC)[Si]CCCCCCCCOc1ccc(O)cc1[P+](C)(C)C.[Br-]. The lowest BCUT2D eigenvalue weighted by Gasteiger charge is -2.17. The van der Waals surface area contributed by atoms with Crippen molar-refractivity contribution < 1.29 is 36.3 Å². The quantitative estimate of drug-likeness (QED) is 0.161. The summed E-state index contributed by atoms with van der Waals surface area (Å²) in [5.74, 6) is 1.27. The van der Waals surface area contributed by atoms with Gasteiger partial charge in [-0.3, -0.25) is 0 Å². The maximum Gasteiger partial charge on any atom is 0.161 e. The van der Waals surface area contributed by atoms with Crippen LogP contribution in [0.1, 0.15) is 52.4 Å². The van der Waals surface area contributed by atoms with Crippen molar-refractivity contribution in [1.82, 2.24) is 0 Å². The predicted molar refractivity (Wildman–Crippen MR) is 123 cm³/mol. The van der Waals surface area contributed by atoms with Crippen LogP contribution in [-0.2, 0) is 9.47 Å². The molecule has 1 N–H and O–H groups in total. The highest BCUT2D eigenvalue weighted by molar-refractivity contribution is 7.81. The molecule has 0 aliphatic carbocycles. The first-order valence-electron chi connectivity index (χ1n) is 10.6. The molecule has 0 fully saturated rings. The molecule has 0 amide bonds. The molecule has 0 aliphatic heterocycles. The van der Waals surface area contributed by atoms with E-state index >= 15 is 0 Å². The second-order valence-electron chi connectivity index (χ2n) is 7.83. The number of benzene rings is 1. The number of hydrogen-bond acceptors (Lipinski definition) is 4. The van der Waals surface area contributed by atoms with Gasteiger partial charge in [-0.05, 0) is 32.4 Å². The number of rotatable bonds is 16. The molecule has 0 atom stereocenters. The maximum atomic E-state index is 9.76. The van der Waals surface area contributed by atoms with Crippen LogP contribution in [0, 0.1) is 0 Å². The van der Waals surface area contributed by atoms with E-state index in [9.17, 15) is 5.11 Å². The molecule has 0 bridgehead atoms. The van der Waals surface area contributed by atoms with Crippen molar-refractivity contribution in [1.29, 1.82) is 0 Å². The van der Waals surface area contributed by atoms with E-state index in [1.54, 1.807) is 6.07 Å². The van der Waals surface area contributed by atoms with Gasteiger partial charge in [0, 0.05) is 26.5 Å². The molecule has 0 aromatic heterocycles. The normalized spacial score (nSPS) is 11.5. The Hall–Kier alpha value is -0.133. The molecular formula is C22H40BrO4PSi. The first-order valence-corrected chi connectivity index (χ1v) is 15.0. The van der Waals surface area contributed by atoms with Gasteiger partial charge in [-0.15, -0.1) is 0 Å². The van der Waals surface area contributed by atoms with E-state index < -0.39 is 7.26 Å². The van der Waals surface area contributed by atoms with Gasteiger partial charge in [-0.2, -0.15) is 0 Å². The summed E-state index contributed by atoms with van der Waals surface area (Å²) in [6.07, 6.45) is 7.40. The van der Waals surface area contributed by atoms with Gasteiger partial charge in [0.1, 0.15) is 26.5 Å². The van der Waals surface area contributed by atoms with E-state index in [-0.39, 0.29) is 22.9 Å². The van der Waals surface area contributed by atoms with Crippen molar-refractivity contribution in [2.24, 2.45) is 0 Å². The fourth-order valence-corrected chi connectivity index (χ4v) is 5.54. The summed E-state index contributed by atoms with van der Waals surface area (Å²) in [7, 11) is -0.482. The minimum atomic E-state index is -1.23. The van der Waals surface area contributed by atoms with Crippen LogP contribution in [0.2, 0.25) is 6.04 Å². The average molecular weight is 508 g/mol. The van der Waals surface area contributed by atoms with E-state index in [1.165, 1.54) is 43.5 Å². The van der Waals surface area contributed by atoms with Crippen LogP contribution < -0.4 is 27.0 Å². The summed E-state index contributed by atoms with van der Waals surface area (Å²) < 4.78 is 17.2. The molecule has 0 saturated carbocycles. The highest BCUT2D eigenvalue weighted by Gasteiger charge is 2.26. The van der Waals surface area contributed by atoms with Crippen molar-refractivity contribution in [3.8, 4) is 11.5 Å². The monoisotopic (exact) mass is 506 g/mol. The number of phenolic OH excluding ortho intramolecular Hbond substituents is 1. The Morgan fingerprint density at radius 1 is 0.931 bits per heavy atom. The third kappa shape index (κ3) is 13.0. The lowest BCUT2D eigenvalue weighted by molar-refractivity contribution is -0.0827. The highest BCUT2D eigenvalue weighted by atomic mass is 79.9. The largest absolute Gasteiger partial charge is 1.00 e. The number of aromatic hydroxyl groups is 1. The van der Waals surface area contributed by atoms with Crippen molar-refractivity contribution >= 4 is 22.1 Å². The van der Waals surface area contributed by atoms with Crippen molar-refractivity contribution in [3.05, 3.63) is 18.2 Å². The van der Waals surface area contributed by atoms with Crippen LogP contribution in [0.3, 0.4) is 0 Å². The van der Waals surface area contributed by atoms with Crippen LogP contribution in [0.5, 0.6) is 11.5 Å². The Morgan fingerprint density at radius 3 is 2.10 bits per heavy atom. The lowest BCUT2D eigenvalue weighted by Crippen LogP contribution is -3.00. The molecule has 29 heavy (non-hydrogen) atoms. The molecule has 0 spiro atoms. The second kappa shape index (κ2) is 16.5. The Bertz CT molecular complexity index is 534. The highest BCUT2D eigenvalue weighted by Crippen LogP contribution is 2.48. The zero-order chi connectivity index (χ0) is 20.8. The number of phenols is 1. The van der Waals surface area contributed by atoms with Gasteiger partial charge in [0.05, 0.1) is 26.6 Å². The number of ether oxygens (including phenoxy) is 3. The summed E-state index contributed by atoms with van der Waals surface area (Å²) in [6, 6.07) is 6.70. The Kier molecular flexibility index (Phi) is 16.5. The standard InChI is InChI=1S/C22H39O4PSi.BrH/c1-6-24-22(25-7-2)28-17-13-11-9-8-10-12-16-26-20-15-14-19(23)18-21(20)27(3,4)5;/h14-15,18,22H,6-13,16-17H2,1-5H3;1H. The molecule has 1 aromatic carbocycles. The van der Waals surface area contributed by atoms with Crippen LogP contribution in [0.15, 0.2) is 18.2 Å². The van der Waals surface area contributed by atoms with Gasteiger partial charge in [0.2, 0.25) is 0 Å². The van der Waals surface area contributed by atoms with Gasteiger partial charge >= 0.3 is 0 Å². The van der Waals surface area contributed by atoms with Crippen LogP contribution in [0.25, 0.3) is 0 Å². The van der Waals surface area contributed by atoms with E-state index in [2.05, 4.69) is 20.0 Å². The third-order valence-electron chi connectivity index (χ3n) is 4.44. The molecule has 4 nitrogen and oxygen atoms in total. The first-order chi connectivity index (χ1) is 13.4. The lowest BCUT2D eigenvalue weighted by atomic mass is 10.1. The topological polar surface area (TPSA) is 47.9 Å². The van der Waals surface area contributed by atoms with E-state index in [0.717, 1.165) is 41.5 Å². The Labute approximate surface area is 192 Å². The summed E-state index contributed by atoms with van der Waals surface area (Å²) in [6.45, 7) is 13.0. The molecule has 0 heterocycles. The summed E-state index contributed by atoms with van der Waals surface area (Å²) in [4.78, 5) is 0. The van der Waals surface area contributed by atoms with E-state index in [1.807, 2.05) is 26.0 Å². The van der Waals surface area contributed by atoms with E-state index in [0.29, 0.717) is 5.75 Å². The van der Waals surface area contributed by atoms with Gasteiger partial charge in [-0.1, -0.05) is 38.1 Å². The molecule has 0 unspecified atom stereocenters. The predicted octanol–water partition coefficient (Wildman–Crippen LogP) is 2.13. The fourth-order valence-electron chi connectivity index (χ4n) is 2.96. The minimum absolute atomic E-state index is 0. The van der Waals surface area contributed by atoms with Crippen LogP contribution in [0.4, 0.5) is 0 Å². The van der Waals surface area contributed by atoms with Crippen LogP contribution >= 0.6 is 7.26 Å². The second-order valence-corrected chi connectivity index (χ2v) is 13.7. The zero-order valence-electron chi connectivity index (χ0n) is 18.9. The van der Waals surface area contributed by atoms with Crippen molar-refractivity contribution in [2.45, 2.75) is 64.3 Å². The molecule has 1 rings (SSSR count). The summed E-state index contributed by atoms with van der Waals surface area (Å²) in [5, 5.41) is 10.9. The molecule has 0 saturated heterocycles. The van der Waals surface area contributed by atoms with Crippen LogP contribution in [-0.4, -0.2) is 60.4 Å². The van der Waals surface area contributed by atoms with Gasteiger partial charge in [0.25, 0.3) is 0 Å². The molecule has 168 valence electrons. The number of hydrogen-bond donors (Lipinski definition) is 1. The number of unbranched alkanes of at least 4 members (excludes halogenated alkanes) is 5. The molecule has 7 heteroatoms. The zero-order valence-corrected chi connectivity index (χ0v) is 22.4. The summed E-state index contributed by atoms with van der Waals surface area (Å²) >= 11 is 0. The van der Waals surface area contributed by atoms with Crippen molar-refractivity contribution in [3.63, 3.8) is 0 Å². The molecule has 0 aliphatic rings. The molecule has 2 radical (unpaired) electrons. The molecule has 1 aromatic rings. The smallest absolute Gasteiger partial charge is 0.161 e. The summed E-state index contributed by atoms with van der Waals surface area (Å²) in [5.41, 5.74) is 0. The number of halogens is 1. The maximum absolute atomic E-state index is 9.76. The van der Waals surface area contributed by atoms with Gasteiger partial charge in [0.15, 0.2) is 5.75 Å². The minimum Gasteiger partial charge on any atom is -1.00 e. The molecular weight excluding hydrogens is 467 g/mol. The van der Waals surface area contributed by atoms with Gasteiger partial charge in [-0.25, -0.2) is 0 Å². The van der Waals surface area contributed by atoms with E-state index in [4.69, 9.17) is 14.2 Å². The third-order valence-corrected chi connectivity index (χ3v) is 7.54. The Balaban J connectivity index is 0.00000784. The van der Waals surface area contributed by atoms with Gasteiger partial charge < -0.3 is 36.3 Å². The fraction of sp³-hybridized carbons (Fsp3) is 0.727. The average Bonchev–Trinajstić information content (AvgIpc) is 2.63. The Morgan fingerprint density at radius 2 is 1.52 bits per heavy atom. The van der Waals surface area contributed by atoms with Crippen molar-refractivity contribution in [2.75, 3.05) is 39.8 Å². The first kappa shape index (κ1) is 28.9.